The van der Waals surface area contributed by atoms with Gasteiger partial charge in [-0.25, -0.2) is 9.47 Å². The molecule has 0 aliphatic rings. The van der Waals surface area contributed by atoms with Gasteiger partial charge >= 0.3 is 4.94 Å². The highest BCUT2D eigenvalue weighted by atomic mass is 32.1. The van der Waals surface area contributed by atoms with Gasteiger partial charge in [-0.05, 0) is 17.7 Å². The molecule has 0 bridgehead atoms. The van der Waals surface area contributed by atoms with Gasteiger partial charge in [-0.2, -0.15) is 5.10 Å². The van der Waals surface area contributed by atoms with E-state index in [2.05, 4.69) is 15.3 Å². The van der Waals surface area contributed by atoms with Crippen LogP contribution in [0.1, 0.15) is 5.56 Å². The fourth-order valence-corrected chi connectivity index (χ4v) is 2.32. The summed E-state index contributed by atoms with van der Waals surface area (Å²) in [5.74, 6) is 0.501. The average molecular weight is 276 g/mol. The lowest BCUT2D eigenvalue weighted by atomic mass is 10.2. The number of hydrogen-bond donors (Lipinski definition) is 0. The van der Waals surface area contributed by atoms with Gasteiger partial charge < -0.3 is 9.15 Å². The van der Waals surface area contributed by atoms with Crippen molar-refractivity contribution in [1.82, 2.24) is 14.9 Å². The van der Waals surface area contributed by atoms with E-state index in [-0.39, 0.29) is 4.94 Å². The first kappa shape index (κ1) is 11.6. The first-order valence-electron chi connectivity index (χ1n) is 5.27. The summed E-state index contributed by atoms with van der Waals surface area (Å²) in [6, 6.07) is 3.55. The van der Waals surface area contributed by atoms with E-state index in [4.69, 9.17) is 9.15 Å². The van der Waals surface area contributed by atoms with Crippen molar-refractivity contribution in [3.63, 3.8) is 0 Å². The molecule has 3 rings (SSSR count). The number of methoxy groups -OCH3 is 1. The van der Waals surface area contributed by atoms with Crippen LogP contribution in [-0.4, -0.2) is 28.2 Å². The van der Waals surface area contributed by atoms with Crippen molar-refractivity contribution in [2.45, 2.75) is 0 Å². The second kappa shape index (κ2) is 4.65. The maximum absolute atomic E-state index is 11.3. The molecule has 0 aliphatic carbocycles. The summed E-state index contributed by atoms with van der Waals surface area (Å²) in [4.78, 5) is 10.9. The van der Waals surface area contributed by atoms with Crippen molar-refractivity contribution in [3.8, 4) is 5.75 Å². The van der Waals surface area contributed by atoms with Gasteiger partial charge in [-0.1, -0.05) is 11.3 Å². The Morgan fingerprint density at radius 2 is 2.21 bits per heavy atom. The molecule has 0 radical (unpaired) electrons. The lowest BCUT2D eigenvalue weighted by Crippen LogP contribution is -1.90. The van der Waals surface area contributed by atoms with E-state index in [1.165, 1.54) is 24.4 Å². The topological polar surface area (TPSA) is 82.5 Å². The zero-order valence-corrected chi connectivity index (χ0v) is 10.6. The number of nitrogens with zero attached hydrogens (tertiary/aromatic N) is 4. The van der Waals surface area contributed by atoms with E-state index >= 15 is 0 Å². The number of hydrogen-bond acceptors (Lipinski definition) is 7. The number of ether oxygens (including phenoxy) is 1. The summed E-state index contributed by atoms with van der Waals surface area (Å²) in [5, 5.41) is 11.4. The average Bonchev–Trinajstić information content (AvgIpc) is 3.03. The molecular weight excluding hydrogens is 268 g/mol. The van der Waals surface area contributed by atoms with Crippen LogP contribution in [0.25, 0.3) is 10.3 Å². The minimum absolute atomic E-state index is 0.360. The minimum atomic E-state index is -0.360. The maximum Gasteiger partial charge on any atom is 0.396 e. The van der Waals surface area contributed by atoms with Crippen LogP contribution < -0.4 is 9.68 Å². The molecule has 0 spiro atoms. The van der Waals surface area contributed by atoms with Gasteiger partial charge in [0.1, 0.15) is 12.7 Å². The Bertz CT molecular complexity index is 788. The predicted octanol–water partition coefficient (Wildman–Crippen LogP) is 1.34. The molecule has 0 saturated heterocycles. The summed E-state index contributed by atoms with van der Waals surface area (Å²) in [5.41, 5.74) is 1.24. The maximum atomic E-state index is 11.3. The zero-order chi connectivity index (χ0) is 13.2. The van der Waals surface area contributed by atoms with Crippen LogP contribution in [0.2, 0.25) is 0 Å². The van der Waals surface area contributed by atoms with E-state index in [0.29, 0.717) is 11.3 Å². The number of benzene rings is 1. The highest BCUT2D eigenvalue weighted by molar-refractivity contribution is 7.16. The molecule has 0 fully saturated rings. The van der Waals surface area contributed by atoms with Gasteiger partial charge in [-0.3, -0.25) is 0 Å². The van der Waals surface area contributed by atoms with Crippen LogP contribution in [0.4, 0.5) is 0 Å². The Labute approximate surface area is 110 Å². The minimum Gasteiger partial charge on any atom is -0.493 e. The SMILES string of the molecule is COc1cc(/C=N/n2cnnc2)cc2sc(=O)oc12. The van der Waals surface area contributed by atoms with Crippen molar-refractivity contribution in [3.05, 3.63) is 40.1 Å². The van der Waals surface area contributed by atoms with Crippen molar-refractivity contribution in [2.75, 3.05) is 7.11 Å². The van der Waals surface area contributed by atoms with Gasteiger partial charge in [-0.15, -0.1) is 10.2 Å². The molecule has 19 heavy (non-hydrogen) atoms. The molecule has 0 atom stereocenters. The van der Waals surface area contributed by atoms with Crippen molar-refractivity contribution < 1.29 is 9.15 Å². The molecule has 2 aromatic heterocycles. The Kier molecular flexibility index (Phi) is 2.84. The van der Waals surface area contributed by atoms with Gasteiger partial charge in [0.15, 0.2) is 11.3 Å². The summed E-state index contributed by atoms with van der Waals surface area (Å²) in [6.07, 6.45) is 4.57. The molecule has 3 aromatic rings. The molecule has 0 N–H and O–H groups in total. The van der Waals surface area contributed by atoms with E-state index in [1.807, 2.05) is 0 Å². The molecule has 7 nitrogen and oxygen atoms in total. The van der Waals surface area contributed by atoms with Crippen molar-refractivity contribution in [2.24, 2.45) is 5.10 Å². The molecule has 0 unspecified atom stereocenters. The van der Waals surface area contributed by atoms with Gasteiger partial charge in [0, 0.05) is 0 Å². The highest BCUT2D eigenvalue weighted by Crippen LogP contribution is 2.28. The first-order valence-corrected chi connectivity index (χ1v) is 6.08. The van der Waals surface area contributed by atoms with Gasteiger partial charge in [0.05, 0.1) is 18.0 Å². The molecule has 0 aliphatic heterocycles. The van der Waals surface area contributed by atoms with E-state index < -0.39 is 0 Å². The van der Waals surface area contributed by atoms with Gasteiger partial charge in [0.25, 0.3) is 0 Å². The third-order valence-electron chi connectivity index (χ3n) is 2.39. The second-order valence-corrected chi connectivity index (χ2v) is 4.57. The van der Waals surface area contributed by atoms with Crippen LogP contribution in [0.15, 0.2) is 39.1 Å². The normalized spacial score (nSPS) is 11.4. The van der Waals surface area contributed by atoms with E-state index in [0.717, 1.165) is 21.6 Å². The van der Waals surface area contributed by atoms with E-state index in [1.54, 1.807) is 18.3 Å². The lowest BCUT2D eigenvalue weighted by molar-refractivity contribution is 0.408. The molecule has 0 saturated carbocycles. The monoisotopic (exact) mass is 276 g/mol. The van der Waals surface area contributed by atoms with Crippen LogP contribution in [-0.2, 0) is 0 Å². The Hall–Kier alpha value is -2.48. The Morgan fingerprint density at radius 1 is 1.42 bits per heavy atom. The van der Waals surface area contributed by atoms with Crippen LogP contribution in [0, 0.1) is 0 Å². The summed E-state index contributed by atoms with van der Waals surface area (Å²) in [6.45, 7) is 0. The smallest absolute Gasteiger partial charge is 0.396 e. The standard InChI is InChI=1S/C11H8N4O3S/c1-17-8-2-7(4-14-15-5-12-13-6-15)3-9-10(8)18-11(16)19-9/h2-6H,1H3/b14-4+. The molecule has 2 heterocycles. The van der Waals surface area contributed by atoms with Crippen molar-refractivity contribution in [1.29, 1.82) is 0 Å². The van der Waals surface area contributed by atoms with Crippen LogP contribution in [0.3, 0.4) is 0 Å². The second-order valence-electron chi connectivity index (χ2n) is 3.59. The molecule has 8 heteroatoms. The largest absolute Gasteiger partial charge is 0.493 e. The molecule has 0 amide bonds. The zero-order valence-electron chi connectivity index (χ0n) is 9.81. The Balaban J connectivity index is 2.06. The molecule has 96 valence electrons. The fraction of sp³-hybridized carbons (Fsp3) is 0.0909. The molecule has 1 aromatic carbocycles. The van der Waals surface area contributed by atoms with Gasteiger partial charge in [0.2, 0.25) is 0 Å². The number of aromatic nitrogens is 3. The third-order valence-corrected chi connectivity index (χ3v) is 3.16. The quantitative estimate of drug-likeness (QED) is 0.674. The summed E-state index contributed by atoms with van der Waals surface area (Å²) >= 11 is 1.02. The summed E-state index contributed by atoms with van der Waals surface area (Å²) in [7, 11) is 1.52. The first-order chi connectivity index (χ1) is 9.26. The third kappa shape index (κ3) is 2.25. The van der Waals surface area contributed by atoms with Crippen LogP contribution in [0.5, 0.6) is 5.75 Å². The highest BCUT2D eigenvalue weighted by Gasteiger charge is 2.09. The fourth-order valence-electron chi connectivity index (χ4n) is 1.58. The Morgan fingerprint density at radius 3 is 2.95 bits per heavy atom. The number of fused-ring (bicyclic) bond motifs is 1. The van der Waals surface area contributed by atoms with E-state index in [9.17, 15) is 4.79 Å². The summed E-state index contributed by atoms with van der Waals surface area (Å²) < 4.78 is 12.4. The molecular formula is C11H8N4O3S. The number of rotatable bonds is 3. The predicted molar refractivity (Wildman–Crippen MR) is 69.9 cm³/mol. The lowest BCUT2D eigenvalue weighted by Gasteiger charge is -2.01. The van der Waals surface area contributed by atoms with Crippen molar-refractivity contribution >= 4 is 27.8 Å². The van der Waals surface area contributed by atoms with Crippen LogP contribution >= 0.6 is 11.3 Å².